The molecule has 1 N–H and O–H groups in total. The van der Waals surface area contributed by atoms with E-state index >= 15 is 0 Å². The average Bonchev–Trinajstić information content (AvgIpc) is 3.09. The lowest BCUT2D eigenvalue weighted by molar-refractivity contribution is 0.0932. The van der Waals surface area contributed by atoms with E-state index in [1.165, 1.54) is 0 Å². The zero-order valence-electron chi connectivity index (χ0n) is 15.2. The Labute approximate surface area is 161 Å². The van der Waals surface area contributed by atoms with Gasteiger partial charge in [0.2, 0.25) is 0 Å². The Morgan fingerprint density at radius 3 is 2.71 bits per heavy atom. The molecule has 28 heavy (non-hydrogen) atoms. The van der Waals surface area contributed by atoms with Crippen molar-refractivity contribution in [2.45, 2.75) is 19.4 Å². The van der Waals surface area contributed by atoms with Gasteiger partial charge in [0.1, 0.15) is 23.5 Å². The van der Waals surface area contributed by atoms with Crippen LogP contribution in [0.1, 0.15) is 21.5 Å². The van der Waals surface area contributed by atoms with Crippen LogP contribution in [-0.2, 0) is 6.42 Å². The van der Waals surface area contributed by atoms with Crippen LogP contribution in [0, 0.1) is 18.6 Å². The van der Waals surface area contributed by atoms with Crippen molar-refractivity contribution >= 4 is 5.91 Å². The number of carbonyl (C=O) groups excluding carboxylic acids is 1. The Hall–Kier alpha value is -3.28. The number of para-hydroxylation sites is 1. The summed E-state index contributed by atoms with van der Waals surface area (Å²) in [4.78, 5) is 16.7. The molecule has 1 amide bonds. The lowest BCUT2D eigenvalue weighted by Gasteiger charge is -2.14. The number of ether oxygens (including phenoxy) is 1. The number of carbonyl (C=O) groups is 1. The Balaban J connectivity index is 1.48. The van der Waals surface area contributed by atoms with Crippen LogP contribution < -0.4 is 10.1 Å². The summed E-state index contributed by atoms with van der Waals surface area (Å²) in [5.41, 5.74) is 3.80. The number of fused-ring (bicyclic) bond motifs is 1. The summed E-state index contributed by atoms with van der Waals surface area (Å²) in [5, 5.41) is 2.69. The van der Waals surface area contributed by atoms with Gasteiger partial charge in [-0.25, -0.2) is 8.78 Å². The molecule has 0 saturated carbocycles. The molecule has 2 aromatic carbocycles. The first kappa shape index (κ1) is 18.1. The Morgan fingerprint density at radius 2 is 1.96 bits per heavy atom. The second-order valence-electron chi connectivity index (χ2n) is 6.77. The third kappa shape index (κ3) is 3.58. The van der Waals surface area contributed by atoms with E-state index in [2.05, 4.69) is 10.3 Å². The van der Waals surface area contributed by atoms with E-state index in [4.69, 9.17) is 4.74 Å². The summed E-state index contributed by atoms with van der Waals surface area (Å²) in [5.74, 6) is -1.35. The van der Waals surface area contributed by atoms with Crippen molar-refractivity contribution in [2.24, 2.45) is 0 Å². The number of benzene rings is 2. The molecule has 3 aromatic rings. The molecule has 142 valence electrons. The van der Waals surface area contributed by atoms with Gasteiger partial charge < -0.3 is 10.1 Å². The number of nitrogens with zero attached hydrogens (tertiary/aromatic N) is 1. The largest absolute Gasteiger partial charge is 0.487 e. The zero-order chi connectivity index (χ0) is 19.7. The summed E-state index contributed by atoms with van der Waals surface area (Å²) >= 11 is 0. The maximum atomic E-state index is 13.3. The maximum absolute atomic E-state index is 13.3. The van der Waals surface area contributed by atoms with E-state index in [0.29, 0.717) is 6.42 Å². The number of pyridine rings is 1. The van der Waals surface area contributed by atoms with Crippen LogP contribution in [0.25, 0.3) is 11.3 Å². The van der Waals surface area contributed by atoms with Crippen molar-refractivity contribution in [3.63, 3.8) is 0 Å². The fourth-order valence-electron chi connectivity index (χ4n) is 3.40. The number of nitrogens with one attached hydrogen (secondary N) is 1. The molecule has 1 aliphatic heterocycles. The normalized spacial score (nSPS) is 15.0. The molecule has 1 aromatic heterocycles. The molecular formula is C22H18F2N2O2. The summed E-state index contributed by atoms with van der Waals surface area (Å²) in [6, 6.07) is 12.5. The smallest absolute Gasteiger partial charge is 0.251 e. The molecule has 0 radical (unpaired) electrons. The number of halogens is 2. The van der Waals surface area contributed by atoms with E-state index < -0.39 is 17.5 Å². The Morgan fingerprint density at radius 1 is 1.18 bits per heavy atom. The first-order valence-electron chi connectivity index (χ1n) is 8.96. The second-order valence-corrected chi connectivity index (χ2v) is 6.77. The molecule has 4 nitrogen and oxygen atoms in total. The van der Waals surface area contributed by atoms with Crippen LogP contribution in [0.3, 0.4) is 0 Å². The number of hydrogen-bond acceptors (Lipinski definition) is 3. The van der Waals surface area contributed by atoms with Gasteiger partial charge in [-0.05, 0) is 42.3 Å². The lowest BCUT2D eigenvalue weighted by Crippen LogP contribution is -2.34. The van der Waals surface area contributed by atoms with Crippen molar-refractivity contribution in [2.75, 3.05) is 6.54 Å². The van der Waals surface area contributed by atoms with Gasteiger partial charge in [0.25, 0.3) is 5.91 Å². The summed E-state index contributed by atoms with van der Waals surface area (Å²) in [6.07, 6.45) is 2.11. The summed E-state index contributed by atoms with van der Waals surface area (Å²) in [7, 11) is 0. The fourth-order valence-corrected chi connectivity index (χ4v) is 3.40. The zero-order valence-corrected chi connectivity index (χ0v) is 15.2. The van der Waals surface area contributed by atoms with Gasteiger partial charge in [0.05, 0.1) is 12.2 Å². The number of amides is 1. The van der Waals surface area contributed by atoms with Crippen LogP contribution >= 0.6 is 0 Å². The minimum atomic E-state index is -0.787. The molecule has 1 aliphatic rings. The highest BCUT2D eigenvalue weighted by Gasteiger charge is 2.27. The third-order valence-corrected chi connectivity index (χ3v) is 4.71. The molecule has 2 heterocycles. The molecule has 4 rings (SSSR count). The van der Waals surface area contributed by atoms with Gasteiger partial charge in [0, 0.05) is 29.8 Å². The molecule has 0 saturated heterocycles. The number of rotatable bonds is 4. The predicted octanol–water partition coefficient (Wildman–Crippen LogP) is 4.07. The monoisotopic (exact) mass is 380 g/mol. The maximum Gasteiger partial charge on any atom is 0.251 e. The summed E-state index contributed by atoms with van der Waals surface area (Å²) in [6.45, 7) is 2.22. The van der Waals surface area contributed by atoms with Gasteiger partial charge >= 0.3 is 0 Å². The van der Waals surface area contributed by atoms with Crippen LogP contribution in [0.15, 0.2) is 54.7 Å². The van der Waals surface area contributed by atoms with Crippen LogP contribution in [0.2, 0.25) is 0 Å². The molecule has 0 spiro atoms. The van der Waals surface area contributed by atoms with Crippen molar-refractivity contribution < 1.29 is 18.3 Å². The molecule has 0 unspecified atom stereocenters. The quantitative estimate of drug-likeness (QED) is 0.742. The highest BCUT2D eigenvalue weighted by atomic mass is 19.1. The van der Waals surface area contributed by atoms with Crippen LogP contribution in [-0.4, -0.2) is 23.5 Å². The molecule has 0 bridgehead atoms. The Kier molecular flexibility index (Phi) is 4.77. The molecule has 0 aliphatic carbocycles. The van der Waals surface area contributed by atoms with E-state index in [1.807, 2.05) is 37.3 Å². The summed E-state index contributed by atoms with van der Waals surface area (Å²) < 4.78 is 32.7. The van der Waals surface area contributed by atoms with Gasteiger partial charge in [0.15, 0.2) is 0 Å². The van der Waals surface area contributed by atoms with E-state index in [-0.39, 0.29) is 18.2 Å². The number of aryl methyl sites for hydroxylation is 1. The SMILES string of the molecule is Cc1cccnc1-c1cccc2c1O[C@H](CNC(=O)c1cc(F)cc(F)c1)C2. The van der Waals surface area contributed by atoms with Crippen molar-refractivity contribution in [3.05, 3.63) is 83.1 Å². The molecule has 1 atom stereocenters. The van der Waals surface area contributed by atoms with Crippen molar-refractivity contribution in [3.8, 4) is 17.0 Å². The Bertz CT molecular complexity index is 1030. The third-order valence-electron chi connectivity index (χ3n) is 4.71. The molecule has 6 heteroatoms. The standard InChI is InChI=1S/C22H18F2N2O2/c1-13-4-3-7-25-20(13)19-6-2-5-14-10-18(28-21(14)19)12-26-22(27)15-8-16(23)11-17(24)9-15/h2-9,11,18H,10,12H2,1H3,(H,26,27)/t18-/m0/s1. The van der Waals surface area contributed by atoms with Gasteiger partial charge in [-0.3, -0.25) is 9.78 Å². The van der Waals surface area contributed by atoms with Crippen LogP contribution in [0.5, 0.6) is 5.75 Å². The number of hydrogen-bond donors (Lipinski definition) is 1. The minimum Gasteiger partial charge on any atom is -0.487 e. The topological polar surface area (TPSA) is 51.2 Å². The van der Waals surface area contributed by atoms with Gasteiger partial charge in [-0.15, -0.1) is 0 Å². The van der Waals surface area contributed by atoms with E-state index in [0.717, 1.165) is 46.3 Å². The second kappa shape index (κ2) is 7.38. The minimum absolute atomic E-state index is 0.0576. The fraction of sp³-hybridized carbons (Fsp3) is 0.182. The predicted molar refractivity (Wildman–Crippen MR) is 101 cm³/mol. The van der Waals surface area contributed by atoms with Gasteiger partial charge in [-0.1, -0.05) is 18.2 Å². The van der Waals surface area contributed by atoms with Crippen molar-refractivity contribution in [1.82, 2.24) is 10.3 Å². The average molecular weight is 380 g/mol. The lowest BCUT2D eigenvalue weighted by atomic mass is 10.0. The first-order chi connectivity index (χ1) is 13.5. The molecular weight excluding hydrogens is 362 g/mol. The van der Waals surface area contributed by atoms with Crippen molar-refractivity contribution in [1.29, 1.82) is 0 Å². The first-order valence-corrected chi connectivity index (χ1v) is 8.96. The number of aromatic nitrogens is 1. The molecule has 0 fully saturated rings. The van der Waals surface area contributed by atoms with E-state index in [1.54, 1.807) is 6.20 Å². The van der Waals surface area contributed by atoms with Gasteiger partial charge in [-0.2, -0.15) is 0 Å². The van der Waals surface area contributed by atoms with Crippen LogP contribution in [0.4, 0.5) is 8.78 Å². The van der Waals surface area contributed by atoms with E-state index in [9.17, 15) is 13.6 Å². The highest BCUT2D eigenvalue weighted by molar-refractivity contribution is 5.94. The highest BCUT2D eigenvalue weighted by Crippen LogP contribution is 2.38.